The molecule has 20 heavy (non-hydrogen) atoms. The van der Waals surface area contributed by atoms with Crippen LogP contribution in [0.2, 0.25) is 0 Å². The van der Waals surface area contributed by atoms with Crippen LogP contribution in [0.25, 0.3) is 0 Å². The molecule has 1 nitrogen and oxygen atoms in total. The first-order valence-electron chi connectivity index (χ1n) is 8.08. The third-order valence-electron chi connectivity index (χ3n) is 5.50. The van der Waals surface area contributed by atoms with Gasteiger partial charge in [-0.2, -0.15) is 0 Å². The van der Waals surface area contributed by atoms with Crippen LogP contribution in [0.3, 0.4) is 0 Å². The lowest BCUT2D eigenvalue weighted by molar-refractivity contribution is 0.0827. The van der Waals surface area contributed by atoms with E-state index in [1.54, 1.807) is 5.56 Å². The Hall–Kier alpha value is -0.820. The van der Waals surface area contributed by atoms with Crippen LogP contribution in [-0.2, 0) is 6.42 Å². The Morgan fingerprint density at radius 2 is 1.55 bits per heavy atom. The predicted octanol–water partition coefficient (Wildman–Crippen LogP) is 4.66. The van der Waals surface area contributed by atoms with E-state index in [1.807, 2.05) is 0 Å². The topological polar surface area (TPSA) is 3.24 Å². The molecule has 2 rings (SSSR count). The molecule has 0 aromatic heterocycles. The fourth-order valence-corrected chi connectivity index (χ4v) is 3.90. The van der Waals surface area contributed by atoms with Crippen molar-refractivity contribution in [2.45, 2.75) is 65.3 Å². The SMILES string of the molecule is Cc1cc(C)c(CC2(N(C)C)CCC(C)CC2)c(C)c1. The number of hydrogen-bond acceptors (Lipinski definition) is 1. The molecule has 0 heterocycles. The zero-order valence-corrected chi connectivity index (χ0v) is 14.2. The van der Waals surface area contributed by atoms with Crippen LogP contribution < -0.4 is 0 Å². The van der Waals surface area contributed by atoms with Crippen molar-refractivity contribution in [3.63, 3.8) is 0 Å². The number of benzene rings is 1. The molecular weight excluding hydrogens is 242 g/mol. The van der Waals surface area contributed by atoms with Crippen LogP contribution in [0, 0.1) is 26.7 Å². The predicted molar refractivity (Wildman–Crippen MR) is 88.4 cm³/mol. The lowest BCUT2D eigenvalue weighted by atomic mass is 9.72. The number of hydrogen-bond donors (Lipinski definition) is 0. The molecule has 0 atom stereocenters. The van der Waals surface area contributed by atoms with Gasteiger partial charge in [0.15, 0.2) is 0 Å². The van der Waals surface area contributed by atoms with Gasteiger partial charge in [0.2, 0.25) is 0 Å². The molecule has 0 spiro atoms. The highest BCUT2D eigenvalue weighted by atomic mass is 15.1. The van der Waals surface area contributed by atoms with Crippen molar-refractivity contribution in [3.8, 4) is 0 Å². The molecule has 0 amide bonds. The fourth-order valence-electron chi connectivity index (χ4n) is 3.90. The minimum atomic E-state index is 0.372. The summed E-state index contributed by atoms with van der Waals surface area (Å²) in [5, 5.41) is 0. The van der Waals surface area contributed by atoms with E-state index >= 15 is 0 Å². The van der Waals surface area contributed by atoms with Crippen LogP contribution in [0.1, 0.15) is 54.9 Å². The summed E-state index contributed by atoms with van der Waals surface area (Å²) in [5.74, 6) is 0.906. The van der Waals surface area contributed by atoms with E-state index < -0.39 is 0 Å². The summed E-state index contributed by atoms with van der Waals surface area (Å²) in [5.41, 5.74) is 6.29. The average molecular weight is 273 g/mol. The van der Waals surface area contributed by atoms with Gasteiger partial charge in [-0.3, -0.25) is 0 Å². The van der Waals surface area contributed by atoms with Gasteiger partial charge < -0.3 is 4.90 Å². The quantitative estimate of drug-likeness (QED) is 0.774. The molecule has 0 radical (unpaired) electrons. The van der Waals surface area contributed by atoms with Crippen molar-refractivity contribution < 1.29 is 0 Å². The van der Waals surface area contributed by atoms with E-state index in [0.29, 0.717) is 5.54 Å². The van der Waals surface area contributed by atoms with Gasteiger partial charge in [0.1, 0.15) is 0 Å². The van der Waals surface area contributed by atoms with Crippen molar-refractivity contribution in [2.24, 2.45) is 5.92 Å². The van der Waals surface area contributed by atoms with Gasteiger partial charge in [0.05, 0.1) is 0 Å². The van der Waals surface area contributed by atoms with E-state index in [0.717, 1.165) is 5.92 Å². The molecular formula is C19H31N. The largest absolute Gasteiger partial charge is 0.303 e. The van der Waals surface area contributed by atoms with Crippen molar-refractivity contribution in [3.05, 3.63) is 34.4 Å². The van der Waals surface area contributed by atoms with Crippen LogP contribution in [0.5, 0.6) is 0 Å². The summed E-state index contributed by atoms with van der Waals surface area (Å²) in [6.07, 6.45) is 6.65. The monoisotopic (exact) mass is 273 g/mol. The zero-order valence-electron chi connectivity index (χ0n) is 14.2. The second-order valence-electron chi connectivity index (χ2n) is 7.36. The Morgan fingerprint density at radius 3 is 2.00 bits per heavy atom. The fraction of sp³-hybridized carbons (Fsp3) is 0.684. The van der Waals surface area contributed by atoms with Crippen LogP contribution in [0.15, 0.2) is 12.1 Å². The molecule has 0 saturated heterocycles. The minimum absolute atomic E-state index is 0.372. The molecule has 112 valence electrons. The zero-order chi connectivity index (χ0) is 14.9. The van der Waals surface area contributed by atoms with Gasteiger partial charge in [0, 0.05) is 5.54 Å². The number of nitrogens with zero attached hydrogens (tertiary/aromatic N) is 1. The molecule has 1 aliphatic rings. The highest BCUT2D eigenvalue weighted by Gasteiger charge is 2.36. The lowest BCUT2D eigenvalue weighted by Gasteiger charge is -2.45. The number of rotatable bonds is 3. The van der Waals surface area contributed by atoms with Gasteiger partial charge in [-0.15, -0.1) is 0 Å². The molecule has 0 bridgehead atoms. The van der Waals surface area contributed by atoms with Gasteiger partial charge in [-0.25, -0.2) is 0 Å². The Bertz CT molecular complexity index is 442. The van der Waals surface area contributed by atoms with Gasteiger partial charge in [-0.05, 0) is 89.6 Å². The van der Waals surface area contributed by atoms with Crippen molar-refractivity contribution in [1.29, 1.82) is 0 Å². The van der Waals surface area contributed by atoms with Gasteiger partial charge >= 0.3 is 0 Å². The summed E-state index contributed by atoms with van der Waals surface area (Å²) in [6.45, 7) is 9.17. The third-order valence-corrected chi connectivity index (χ3v) is 5.50. The van der Waals surface area contributed by atoms with Crippen molar-refractivity contribution in [2.75, 3.05) is 14.1 Å². The third kappa shape index (κ3) is 3.09. The Balaban J connectivity index is 2.30. The summed E-state index contributed by atoms with van der Waals surface area (Å²) in [7, 11) is 4.55. The Morgan fingerprint density at radius 1 is 1.05 bits per heavy atom. The average Bonchev–Trinajstić information content (AvgIpc) is 2.36. The van der Waals surface area contributed by atoms with Crippen LogP contribution in [-0.4, -0.2) is 24.5 Å². The summed E-state index contributed by atoms with van der Waals surface area (Å²) in [6, 6.07) is 4.69. The van der Waals surface area contributed by atoms with Gasteiger partial charge in [-0.1, -0.05) is 24.6 Å². The highest BCUT2D eigenvalue weighted by molar-refractivity contribution is 5.38. The Labute approximate surface area is 125 Å². The molecule has 1 fully saturated rings. The molecule has 0 unspecified atom stereocenters. The summed E-state index contributed by atoms with van der Waals surface area (Å²) in [4.78, 5) is 2.50. The first-order chi connectivity index (χ1) is 9.34. The highest BCUT2D eigenvalue weighted by Crippen LogP contribution is 2.38. The van der Waals surface area contributed by atoms with Crippen LogP contribution in [0.4, 0.5) is 0 Å². The first kappa shape index (κ1) is 15.6. The molecule has 0 N–H and O–H groups in total. The second kappa shape index (κ2) is 5.89. The summed E-state index contributed by atoms with van der Waals surface area (Å²) >= 11 is 0. The molecule has 1 aliphatic carbocycles. The van der Waals surface area contributed by atoms with Crippen molar-refractivity contribution >= 4 is 0 Å². The molecule has 0 aliphatic heterocycles. The minimum Gasteiger partial charge on any atom is -0.303 e. The lowest BCUT2D eigenvalue weighted by Crippen LogP contribution is -2.48. The van der Waals surface area contributed by atoms with Crippen LogP contribution >= 0.6 is 0 Å². The normalized spacial score (nSPS) is 27.1. The molecule has 1 saturated carbocycles. The number of likely N-dealkylation sites (N-methyl/N-ethyl adjacent to an activating group) is 1. The first-order valence-corrected chi connectivity index (χ1v) is 8.08. The smallest absolute Gasteiger partial charge is 0.0244 e. The molecule has 1 aromatic rings. The van der Waals surface area contributed by atoms with E-state index in [2.05, 4.69) is 58.8 Å². The summed E-state index contributed by atoms with van der Waals surface area (Å²) < 4.78 is 0. The Kier molecular flexibility index (Phi) is 4.59. The molecule has 1 heteroatoms. The van der Waals surface area contributed by atoms with E-state index in [1.165, 1.54) is 48.8 Å². The number of aryl methyl sites for hydroxylation is 3. The standard InChI is InChI=1S/C19H31N/c1-14-7-9-19(10-8-14,20(5)6)13-18-16(3)11-15(2)12-17(18)4/h11-12,14H,7-10,13H2,1-6H3. The van der Waals surface area contributed by atoms with Crippen molar-refractivity contribution in [1.82, 2.24) is 4.90 Å². The van der Waals surface area contributed by atoms with E-state index in [9.17, 15) is 0 Å². The van der Waals surface area contributed by atoms with E-state index in [-0.39, 0.29) is 0 Å². The maximum absolute atomic E-state index is 2.50. The van der Waals surface area contributed by atoms with E-state index in [4.69, 9.17) is 0 Å². The maximum atomic E-state index is 2.50. The molecule has 1 aromatic carbocycles. The maximum Gasteiger partial charge on any atom is 0.0244 e. The second-order valence-corrected chi connectivity index (χ2v) is 7.36. The van der Waals surface area contributed by atoms with Gasteiger partial charge in [0.25, 0.3) is 0 Å².